The first-order valence-corrected chi connectivity index (χ1v) is 9.39. The summed E-state index contributed by atoms with van der Waals surface area (Å²) in [4.78, 5) is 25.4. The highest BCUT2D eigenvalue weighted by molar-refractivity contribution is 7.99. The molecule has 152 valence electrons. The lowest BCUT2D eigenvalue weighted by Gasteiger charge is -2.15. The first-order chi connectivity index (χ1) is 14.0. The molecule has 0 spiro atoms. The molecule has 2 aromatic rings. The minimum Gasteiger partial charge on any atom is -0.493 e. The number of benzene rings is 2. The second-order valence-electron chi connectivity index (χ2n) is 5.45. The van der Waals surface area contributed by atoms with Crippen LogP contribution in [0, 0.1) is 11.3 Å². The van der Waals surface area contributed by atoms with Crippen LogP contribution in [0.5, 0.6) is 17.2 Å². The number of amides is 1. The van der Waals surface area contributed by atoms with Gasteiger partial charge in [0.25, 0.3) is 5.91 Å². The smallest absolute Gasteiger partial charge is 0.342 e. The first-order valence-electron chi connectivity index (χ1n) is 8.40. The molecule has 0 aliphatic carbocycles. The van der Waals surface area contributed by atoms with Crippen LogP contribution in [-0.4, -0.2) is 45.6 Å². The molecule has 0 aliphatic heterocycles. The van der Waals surface area contributed by atoms with Gasteiger partial charge in [0.2, 0.25) is 5.75 Å². The zero-order valence-electron chi connectivity index (χ0n) is 16.2. The van der Waals surface area contributed by atoms with E-state index in [0.717, 1.165) is 4.90 Å². The highest BCUT2D eigenvalue weighted by Gasteiger charge is 2.22. The van der Waals surface area contributed by atoms with Gasteiger partial charge in [-0.25, -0.2) is 4.79 Å². The summed E-state index contributed by atoms with van der Waals surface area (Å²) in [5.74, 6) is -0.216. The van der Waals surface area contributed by atoms with Crippen molar-refractivity contribution in [3.05, 3.63) is 42.0 Å². The van der Waals surface area contributed by atoms with Crippen LogP contribution in [0.25, 0.3) is 0 Å². The van der Waals surface area contributed by atoms with Crippen LogP contribution in [0.4, 0.5) is 5.69 Å². The van der Waals surface area contributed by atoms with Gasteiger partial charge < -0.3 is 24.3 Å². The molecule has 0 bridgehead atoms. The molecule has 2 rings (SSSR count). The molecular weight excluding hydrogens is 396 g/mol. The third kappa shape index (κ3) is 5.56. The van der Waals surface area contributed by atoms with Gasteiger partial charge in [0.05, 0.1) is 38.8 Å². The quantitative estimate of drug-likeness (QED) is 0.491. The monoisotopic (exact) mass is 416 g/mol. The summed E-state index contributed by atoms with van der Waals surface area (Å²) in [5.41, 5.74) is 0.639. The Labute approximate surface area is 172 Å². The predicted molar refractivity (Wildman–Crippen MR) is 108 cm³/mol. The lowest BCUT2D eigenvalue weighted by molar-refractivity contribution is -0.119. The van der Waals surface area contributed by atoms with Gasteiger partial charge in [-0.2, -0.15) is 5.26 Å². The predicted octanol–water partition coefficient (Wildman–Crippen LogP) is 3.12. The number of carbonyl (C=O) groups is 2. The summed E-state index contributed by atoms with van der Waals surface area (Å²) < 4.78 is 20.8. The Morgan fingerprint density at radius 3 is 2.41 bits per heavy atom. The van der Waals surface area contributed by atoms with Crippen molar-refractivity contribution in [2.45, 2.75) is 4.90 Å². The van der Waals surface area contributed by atoms with Gasteiger partial charge in [-0.15, -0.1) is 11.8 Å². The van der Waals surface area contributed by atoms with Crippen LogP contribution in [-0.2, 0) is 9.53 Å². The van der Waals surface area contributed by atoms with Crippen molar-refractivity contribution >= 4 is 29.3 Å². The topological polar surface area (TPSA) is 107 Å². The van der Waals surface area contributed by atoms with E-state index in [0.29, 0.717) is 11.4 Å². The number of rotatable bonds is 9. The second-order valence-corrected chi connectivity index (χ2v) is 6.47. The van der Waals surface area contributed by atoms with Crippen molar-refractivity contribution in [1.82, 2.24) is 0 Å². The van der Waals surface area contributed by atoms with E-state index < -0.39 is 18.5 Å². The summed E-state index contributed by atoms with van der Waals surface area (Å²) in [6.07, 6.45) is 0. The molecule has 9 heteroatoms. The average Bonchev–Trinajstić information content (AvgIpc) is 2.75. The van der Waals surface area contributed by atoms with Crippen molar-refractivity contribution in [3.63, 3.8) is 0 Å². The molecule has 0 aliphatic rings. The van der Waals surface area contributed by atoms with Crippen LogP contribution >= 0.6 is 11.8 Å². The fourth-order valence-corrected chi connectivity index (χ4v) is 3.13. The molecule has 0 heterocycles. The largest absolute Gasteiger partial charge is 0.493 e. The third-order valence-corrected chi connectivity index (χ3v) is 4.65. The normalized spacial score (nSPS) is 9.86. The van der Waals surface area contributed by atoms with E-state index in [1.54, 1.807) is 30.3 Å². The van der Waals surface area contributed by atoms with Crippen LogP contribution in [0.2, 0.25) is 0 Å². The number of nitrogens with zero attached hydrogens (tertiary/aromatic N) is 1. The summed E-state index contributed by atoms with van der Waals surface area (Å²) in [7, 11) is 4.27. The van der Waals surface area contributed by atoms with Crippen LogP contribution in [0.3, 0.4) is 0 Å². The number of methoxy groups -OCH3 is 3. The standard InChI is InChI=1S/C20H20N2O6S/c1-25-15-9-8-13(18(26-2)19(15)27-3)20(24)28-12-17(23)22-14-6-4-5-7-16(14)29-11-10-21/h4-9H,11-12H2,1-3H3,(H,22,23). The van der Waals surface area contributed by atoms with Crippen molar-refractivity contribution < 1.29 is 28.5 Å². The highest BCUT2D eigenvalue weighted by atomic mass is 32.2. The van der Waals surface area contributed by atoms with Gasteiger partial charge in [-0.05, 0) is 24.3 Å². The van der Waals surface area contributed by atoms with Crippen molar-refractivity contribution in [1.29, 1.82) is 5.26 Å². The molecule has 0 aromatic heterocycles. The second kappa shape index (κ2) is 10.8. The average molecular weight is 416 g/mol. The number of hydrogen-bond donors (Lipinski definition) is 1. The number of thioether (sulfide) groups is 1. The van der Waals surface area contributed by atoms with E-state index >= 15 is 0 Å². The molecule has 0 atom stereocenters. The Morgan fingerprint density at radius 1 is 1.03 bits per heavy atom. The van der Waals surface area contributed by atoms with Gasteiger partial charge >= 0.3 is 5.97 Å². The number of para-hydroxylation sites is 1. The Kier molecular flexibility index (Phi) is 8.18. The molecule has 2 aromatic carbocycles. The molecule has 0 radical (unpaired) electrons. The van der Waals surface area contributed by atoms with Gasteiger partial charge in [0.1, 0.15) is 5.56 Å². The Balaban J connectivity index is 2.06. The molecular formula is C20H20N2O6S. The summed E-state index contributed by atoms with van der Waals surface area (Å²) in [5, 5.41) is 11.4. The zero-order chi connectivity index (χ0) is 21.2. The number of nitriles is 1. The number of ether oxygens (including phenoxy) is 4. The van der Waals surface area contributed by atoms with Gasteiger partial charge in [-0.1, -0.05) is 12.1 Å². The number of nitrogens with one attached hydrogen (secondary N) is 1. The van der Waals surface area contributed by atoms with Crippen LogP contribution < -0.4 is 19.5 Å². The summed E-state index contributed by atoms with van der Waals surface area (Å²) in [6, 6.07) is 12.1. The maximum absolute atomic E-state index is 12.4. The number of anilines is 1. The first kappa shape index (κ1) is 21.9. The fourth-order valence-electron chi connectivity index (χ4n) is 2.46. The van der Waals surface area contributed by atoms with E-state index in [9.17, 15) is 9.59 Å². The van der Waals surface area contributed by atoms with Crippen molar-refractivity contribution in [2.75, 3.05) is 39.0 Å². The Hall–Kier alpha value is -3.38. The van der Waals surface area contributed by atoms with Crippen LogP contribution in [0.15, 0.2) is 41.3 Å². The van der Waals surface area contributed by atoms with Crippen molar-refractivity contribution in [3.8, 4) is 23.3 Å². The molecule has 0 saturated carbocycles. The van der Waals surface area contributed by atoms with Crippen LogP contribution in [0.1, 0.15) is 10.4 Å². The Morgan fingerprint density at radius 2 is 1.76 bits per heavy atom. The van der Waals surface area contributed by atoms with E-state index in [-0.39, 0.29) is 22.8 Å². The summed E-state index contributed by atoms with van der Waals surface area (Å²) in [6.45, 7) is -0.492. The molecule has 1 amide bonds. The number of esters is 1. The molecule has 1 N–H and O–H groups in total. The molecule has 0 saturated heterocycles. The lowest BCUT2D eigenvalue weighted by Crippen LogP contribution is -2.21. The summed E-state index contributed by atoms with van der Waals surface area (Å²) >= 11 is 1.30. The van der Waals surface area contributed by atoms with Gasteiger partial charge in [0, 0.05) is 4.90 Å². The lowest BCUT2D eigenvalue weighted by atomic mass is 10.1. The zero-order valence-corrected chi connectivity index (χ0v) is 17.0. The number of carbonyl (C=O) groups excluding carboxylic acids is 2. The van der Waals surface area contributed by atoms with E-state index in [4.69, 9.17) is 24.2 Å². The molecule has 29 heavy (non-hydrogen) atoms. The van der Waals surface area contributed by atoms with Gasteiger partial charge in [0.15, 0.2) is 18.1 Å². The molecule has 0 unspecified atom stereocenters. The third-order valence-electron chi connectivity index (χ3n) is 3.71. The maximum atomic E-state index is 12.4. The van der Waals surface area contributed by atoms with Gasteiger partial charge in [-0.3, -0.25) is 4.79 Å². The van der Waals surface area contributed by atoms with E-state index in [1.165, 1.54) is 39.2 Å². The molecule has 0 fully saturated rings. The Bertz CT molecular complexity index is 926. The SMILES string of the molecule is COc1ccc(C(=O)OCC(=O)Nc2ccccc2SCC#N)c(OC)c1OC. The fraction of sp³-hybridized carbons (Fsp3) is 0.250. The highest BCUT2D eigenvalue weighted by Crippen LogP contribution is 2.40. The maximum Gasteiger partial charge on any atom is 0.342 e. The number of hydrogen-bond acceptors (Lipinski definition) is 8. The minimum absolute atomic E-state index is 0.0999. The van der Waals surface area contributed by atoms with E-state index in [1.807, 2.05) is 6.07 Å². The molecule has 8 nitrogen and oxygen atoms in total. The van der Waals surface area contributed by atoms with Crippen molar-refractivity contribution in [2.24, 2.45) is 0 Å². The van der Waals surface area contributed by atoms with E-state index in [2.05, 4.69) is 5.32 Å². The minimum atomic E-state index is -0.745.